The van der Waals surface area contributed by atoms with Crippen LogP contribution in [0.25, 0.3) is 0 Å². The van der Waals surface area contributed by atoms with E-state index in [4.69, 9.17) is 15.2 Å². The van der Waals surface area contributed by atoms with E-state index < -0.39 is 0 Å². The Labute approximate surface area is 132 Å². The Morgan fingerprint density at radius 2 is 1.90 bits per heavy atom. The van der Waals surface area contributed by atoms with Crippen molar-refractivity contribution in [3.63, 3.8) is 0 Å². The molecule has 1 saturated heterocycles. The fourth-order valence-corrected chi connectivity index (χ4v) is 3.46. The third kappa shape index (κ3) is 4.28. The molecule has 0 aliphatic carbocycles. The summed E-state index contributed by atoms with van der Waals surface area (Å²) in [7, 11) is 1.67. The van der Waals surface area contributed by atoms with Gasteiger partial charge in [0.05, 0.1) is 7.11 Å². The first kappa shape index (κ1) is 16.5. The Hall–Kier alpha value is -0.910. The average molecular weight is 310 g/mol. The highest BCUT2D eigenvalue weighted by atomic mass is 32.2. The lowest BCUT2D eigenvalue weighted by atomic mass is 9.96. The van der Waals surface area contributed by atoms with E-state index in [9.17, 15) is 0 Å². The van der Waals surface area contributed by atoms with Crippen molar-refractivity contribution in [1.82, 2.24) is 4.90 Å². The molecule has 1 aliphatic rings. The van der Waals surface area contributed by atoms with E-state index in [1.165, 1.54) is 12.8 Å². The first-order chi connectivity index (χ1) is 10.2. The molecule has 0 saturated carbocycles. The number of likely N-dealkylation sites (tertiary alicyclic amines) is 1. The van der Waals surface area contributed by atoms with Crippen molar-refractivity contribution < 1.29 is 9.47 Å². The molecule has 21 heavy (non-hydrogen) atoms. The van der Waals surface area contributed by atoms with Gasteiger partial charge < -0.3 is 15.2 Å². The highest BCUT2D eigenvalue weighted by molar-refractivity contribution is 8.00. The van der Waals surface area contributed by atoms with Crippen LogP contribution in [-0.4, -0.2) is 55.8 Å². The van der Waals surface area contributed by atoms with Gasteiger partial charge in [-0.1, -0.05) is 12.1 Å². The molecule has 2 N–H and O–H groups in total. The van der Waals surface area contributed by atoms with Gasteiger partial charge in [0.1, 0.15) is 6.61 Å². The van der Waals surface area contributed by atoms with Gasteiger partial charge in [-0.2, -0.15) is 11.8 Å². The Morgan fingerprint density at radius 1 is 1.24 bits per heavy atom. The fraction of sp³-hybridized carbons (Fsp3) is 0.625. The number of hydrogen-bond donors (Lipinski definition) is 1. The van der Waals surface area contributed by atoms with Crippen LogP contribution in [0, 0.1) is 0 Å². The summed E-state index contributed by atoms with van der Waals surface area (Å²) in [5, 5.41) is 0. The number of benzene rings is 1. The van der Waals surface area contributed by atoms with Gasteiger partial charge in [-0.15, -0.1) is 0 Å². The van der Waals surface area contributed by atoms with Gasteiger partial charge in [0, 0.05) is 17.8 Å². The molecular formula is C16H26N2O2S. The van der Waals surface area contributed by atoms with E-state index in [0.29, 0.717) is 11.4 Å². The summed E-state index contributed by atoms with van der Waals surface area (Å²) in [5.41, 5.74) is 5.92. The summed E-state index contributed by atoms with van der Waals surface area (Å²) in [6.07, 6.45) is 4.51. The van der Waals surface area contributed by atoms with Crippen LogP contribution in [-0.2, 0) is 0 Å². The molecule has 0 radical (unpaired) electrons. The maximum absolute atomic E-state index is 5.92. The standard InChI is InChI=1S/C16H26N2O2S/c1-19-14-5-3-4-6-15(14)20-12-11-18-9-7-16(13-17,21-2)8-10-18/h3-6H,7-13,17H2,1-2H3. The third-order valence-electron chi connectivity index (χ3n) is 4.31. The SMILES string of the molecule is COc1ccccc1OCCN1CCC(CN)(SC)CC1. The number of nitrogens with two attached hydrogens (primary N) is 1. The van der Waals surface area contributed by atoms with Gasteiger partial charge in [-0.3, -0.25) is 4.90 Å². The molecule has 0 spiro atoms. The Kier molecular flexibility index (Phi) is 6.21. The van der Waals surface area contributed by atoms with Crippen LogP contribution in [0.2, 0.25) is 0 Å². The lowest BCUT2D eigenvalue weighted by Crippen LogP contribution is -2.47. The number of piperidine rings is 1. The lowest BCUT2D eigenvalue weighted by molar-refractivity contribution is 0.165. The van der Waals surface area contributed by atoms with Crippen LogP contribution in [0.1, 0.15) is 12.8 Å². The molecule has 5 heteroatoms. The molecule has 1 heterocycles. The molecule has 2 rings (SSSR count). The van der Waals surface area contributed by atoms with Crippen molar-refractivity contribution in [2.75, 3.05) is 46.2 Å². The Morgan fingerprint density at radius 3 is 2.48 bits per heavy atom. The van der Waals surface area contributed by atoms with E-state index in [1.54, 1.807) is 7.11 Å². The smallest absolute Gasteiger partial charge is 0.161 e. The number of para-hydroxylation sites is 2. The van der Waals surface area contributed by atoms with Gasteiger partial charge in [0.25, 0.3) is 0 Å². The predicted octanol–water partition coefficient (Wildman–Crippen LogP) is 2.23. The molecule has 1 fully saturated rings. The van der Waals surface area contributed by atoms with Crippen molar-refractivity contribution in [3.8, 4) is 11.5 Å². The maximum Gasteiger partial charge on any atom is 0.161 e. The van der Waals surface area contributed by atoms with E-state index in [1.807, 2.05) is 36.0 Å². The number of methoxy groups -OCH3 is 1. The second kappa shape index (κ2) is 7.92. The van der Waals surface area contributed by atoms with Gasteiger partial charge in [0.2, 0.25) is 0 Å². The van der Waals surface area contributed by atoms with Crippen molar-refractivity contribution in [2.24, 2.45) is 5.73 Å². The molecule has 1 aromatic carbocycles. The molecule has 0 aromatic heterocycles. The Balaban J connectivity index is 1.75. The first-order valence-corrected chi connectivity index (χ1v) is 8.69. The number of nitrogens with zero attached hydrogens (tertiary/aromatic N) is 1. The van der Waals surface area contributed by atoms with Crippen LogP contribution in [0.4, 0.5) is 0 Å². The van der Waals surface area contributed by atoms with E-state index in [0.717, 1.165) is 37.7 Å². The summed E-state index contributed by atoms with van der Waals surface area (Å²) in [6, 6.07) is 7.78. The average Bonchev–Trinajstić information content (AvgIpc) is 2.56. The molecule has 0 amide bonds. The van der Waals surface area contributed by atoms with Crippen molar-refractivity contribution in [3.05, 3.63) is 24.3 Å². The second-order valence-electron chi connectivity index (χ2n) is 5.43. The van der Waals surface area contributed by atoms with Crippen LogP contribution in [0.15, 0.2) is 24.3 Å². The zero-order valence-electron chi connectivity index (χ0n) is 13.0. The molecular weight excluding hydrogens is 284 g/mol. The minimum Gasteiger partial charge on any atom is -0.493 e. The van der Waals surface area contributed by atoms with Gasteiger partial charge in [0.15, 0.2) is 11.5 Å². The molecule has 118 valence electrons. The molecule has 0 unspecified atom stereocenters. The minimum absolute atomic E-state index is 0.292. The summed E-state index contributed by atoms with van der Waals surface area (Å²) >= 11 is 1.92. The largest absolute Gasteiger partial charge is 0.493 e. The van der Waals surface area contributed by atoms with Crippen molar-refractivity contribution in [2.45, 2.75) is 17.6 Å². The fourth-order valence-electron chi connectivity index (χ4n) is 2.70. The minimum atomic E-state index is 0.292. The summed E-state index contributed by atoms with van der Waals surface area (Å²) < 4.78 is 11.4. The van der Waals surface area contributed by atoms with Crippen molar-refractivity contribution >= 4 is 11.8 Å². The maximum atomic E-state index is 5.92. The molecule has 1 aliphatic heterocycles. The highest BCUT2D eigenvalue weighted by Crippen LogP contribution is 2.33. The quantitative estimate of drug-likeness (QED) is 0.837. The summed E-state index contributed by atoms with van der Waals surface area (Å²) in [4.78, 5) is 2.46. The highest BCUT2D eigenvalue weighted by Gasteiger charge is 2.32. The zero-order chi connectivity index (χ0) is 15.1. The summed E-state index contributed by atoms with van der Waals surface area (Å²) in [5.74, 6) is 1.61. The van der Waals surface area contributed by atoms with E-state index in [-0.39, 0.29) is 0 Å². The van der Waals surface area contributed by atoms with Crippen LogP contribution >= 0.6 is 11.8 Å². The molecule has 0 atom stereocenters. The van der Waals surface area contributed by atoms with Gasteiger partial charge >= 0.3 is 0 Å². The zero-order valence-corrected chi connectivity index (χ0v) is 13.8. The number of rotatable bonds is 7. The number of hydrogen-bond acceptors (Lipinski definition) is 5. The molecule has 0 bridgehead atoms. The third-order valence-corrected chi connectivity index (χ3v) is 5.75. The van der Waals surface area contributed by atoms with Crippen molar-refractivity contribution in [1.29, 1.82) is 0 Å². The predicted molar refractivity (Wildman–Crippen MR) is 89.5 cm³/mol. The molecule has 4 nitrogen and oxygen atoms in total. The van der Waals surface area contributed by atoms with Gasteiger partial charge in [-0.05, 0) is 44.3 Å². The van der Waals surface area contributed by atoms with E-state index in [2.05, 4.69) is 11.2 Å². The monoisotopic (exact) mass is 310 g/mol. The van der Waals surface area contributed by atoms with Gasteiger partial charge in [-0.25, -0.2) is 0 Å². The Bertz CT molecular complexity index is 428. The molecule has 1 aromatic rings. The number of thioether (sulfide) groups is 1. The normalized spacial score (nSPS) is 18.4. The summed E-state index contributed by atoms with van der Waals surface area (Å²) in [6.45, 7) is 4.63. The second-order valence-corrected chi connectivity index (χ2v) is 6.71. The lowest BCUT2D eigenvalue weighted by Gasteiger charge is -2.40. The topological polar surface area (TPSA) is 47.7 Å². The first-order valence-electron chi connectivity index (χ1n) is 7.46. The van der Waals surface area contributed by atoms with E-state index >= 15 is 0 Å². The number of ether oxygens (including phenoxy) is 2. The van der Waals surface area contributed by atoms with Crippen LogP contribution < -0.4 is 15.2 Å². The van der Waals surface area contributed by atoms with Crippen LogP contribution in [0.5, 0.6) is 11.5 Å². The van der Waals surface area contributed by atoms with Crippen LogP contribution in [0.3, 0.4) is 0 Å².